The molecule has 0 spiro atoms. The summed E-state index contributed by atoms with van der Waals surface area (Å²) in [5.41, 5.74) is 0.388. The van der Waals surface area contributed by atoms with Crippen LogP contribution in [0.5, 0.6) is 0 Å². The number of anilines is 1. The molecule has 0 aliphatic carbocycles. The highest BCUT2D eigenvalue weighted by atomic mass is 32.2. The predicted octanol–water partition coefficient (Wildman–Crippen LogP) is 3.85. The van der Waals surface area contributed by atoms with Crippen molar-refractivity contribution >= 4 is 37.3 Å². The summed E-state index contributed by atoms with van der Waals surface area (Å²) in [7, 11) is -0.261. The number of rotatable bonds is 3. The summed E-state index contributed by atoms with van der Waals surface area (Å²) in [4.78, 5) is 14.1. The number of benzene rings is 3. The van der Waals surface area contributed by atoms with Gasteiger partial charge in [0.05, 0.1) is 4.90 Å². The minimum Gasteiger partial charge on any atom is -0.422 e. The van der Waals surface area contributed by atoms with Crippen LogP contribution in [0, 0.1) is 0 Å². The van der Waals surface area contributed by atoms with Crippen LogP contribution in [-0.4, -0.2) is 22.5 Å². The first kappa shape index (κ1) is 17.3. The van der Waals surface area contributed by atoms with Crippen LogP contribution in [0.1, 0.15) is 0 Å². The molecule has 3 aromatic carbocycles. The van der Waals surface area contributed by atoms with E-state index in [9.17, 15) is 13.2 Å². The van der Waals surface area contributed by atoms with Crippen LogP contribution in [0.4, 0.5) is 5.69 Å². The molecule has 0 unspecified atom stereocenters. The van der Waals surface area contributed by atoms with Gasteiger partial charge >= 0.3 is 5.63 Å². The Morgan fingerprint density at radius 2 is 1.52 bits per heavy atom. The maximum atomic E-state index is 13.3. The Kier molecular flexibility index (Phi) is 4.00. The zero-order valence-corrected chi connectivity index (χ0v) is 15.7. The molecule has 0 atom stereocenters. The highest BCUT2D eigenvalue weighted by Crippen LogP contribution is 2.32. The van der Waals surface area contributed by atoms with Gasteiger partial charge in [0, 0.05) is 35.9 Å². The molecule has 0 aliphatic rings. The Morgan fingerprint density at radius 3 is 2.30 bits per heavy atom. The van der Waals surface area contributed by atoms with Gasteiger partial charge in [0.15, 0.2) is 4.90 Å². The molecular weight excluding hydrogens is 362 g/mol. The number of nitrogens with zero attached hydrogens (tertiary/aromatic N) is 1. The van der Waals surface area contributed by atoms with Gasteiger partial charge < -0.3 is 9.32 Å². The maximum absolute atomic E-state index is 13.3. The van der Waals surface area contributed by atoms with E-state index in [0.29, 0.717) is 16.4 Å². The van der Waals surface area contributed by atoms with Crippen molar-refractivity contribution in [2.75, 3.05) is 19.0 Å². The third kappa shape index (κ3) is 2.78. The van der Waals surface area contributed by atoms with E-state index >= 15 is 0 Å². The Labute approximate surface area is 156 Å². The molecule has 0 N–H and O–H groups in total. The normalized spacial score (nSPS) is 11.8. The van der Waals surface area contributed by atoms with Gasteiger partial charge in [-0.15, -0.1) is 0 Å². The van der Waals surface area contributed by atoms with Gasteiger partial charge in [-0.05, 0) is 24.3 Å². The van der Waals surface area contributed by atoms with Gasteiger partial charge in [0.2, 0.25) is 9.84 Å². The van der Waals surface area contributed by atoms with Crippen molar-refractivity contribution < 1.29 is 12.8 Å². The van der Waals surface area contributed by atoms with Gasteiger partial charge in [0.1, 0.15) is 5.58 Å². The number of fused-ring (bicyclic) bond motifs is 2. The van der Waals surface area contributed by atoms with Crippen molar-refractivity contribution in [3.05, 3.63) is 77.2 Å². The molecular formula is C21H17NO4S. The van der Waals surface area contributed by atoms with Crippen LogP contribution in [0.3, 0.4) is 0 Å². The molecule has 6 heteroatoms. The number of hydrogen-bond donors (Lipinski definition) is 0. The zero-order chi connectivity index (χ0) is 19.2. The Hall–Kier alpha value is -3.12. The van der Waals surface area contributed by atoms with Crippen molar-refractivity contribution in [1.29, 1.82) is 0 Å². The molecule has 0 fully saturated rings. The fraction of sp³-hybridized carbons (Fsp3) is 0.0952. The standard InChI is InChI=1S/C21H17NO4S/c1-22(2)17-10-5-9-16-15(17)8-6-12-19(16)27(24,25)20-13-14-7-3-4-11-18(14)26-21(20)23/h3-13H,1-2H3. The topological polar surface area (TPSA) is 67.6 Å². The van der Waals surface area contributed by atoms with Gasteiger partial charge in [0.25, 0.3) is 0 Å². The second-order valence-corrected chi connectivity index (χ2v) is 8.35. The van der Waals surface area contributed by atoms with Crippen LogP contribution < -0.4 is 10.5 Å². The largest absolute Gasteiger partial charge is 0.422 e. The minimum absolute atomic E-state index is 0.0891. The van der Waals surface area contributed by atoms with E-state index in [1.807, 2.05) is 31.1 Å². The summed E-state index contributed by atoms with van der Waals surface area (Å²) in [5, 5.41) is 1.93. The molecule has 0 aliphatic heterocycles. The smallest absolute Gasteiger partial charge is 0.355 e. The van der Waals surface area contributed by atoms with Crippen LogP contribution in [0.15, 0.2) is 85.7 Å². The molecule has 0 bridgehead atoms. The van der Waals surface area contributed by atoms with E-state index in [0.717, 1.165) is 11.1 Å². The van der Waals surface area contributed by atoms with E-state index in [1.165, 1.54) is 12.1 Å². The van der Waals surface area contributed by atoms with Crippen molar-refractivity contribution in [2.45, 2.75) is 9.79 Å². The summed E-state index contributed by atoms with van der Waals surface area (Å²) < 4.78 is 31.9. The lowest BCUT2D eigenvalue weighted by Gasteiger charge is -2.16. The molecule has 0 radical (unpaired) electrons. The van der Waals surface area contributed by atoms with Crippen molar-refractivity contribution in [3.63, 3.8) is 0 Å². The van der Waals surface area contributed by atoms with Crippen LogP contribution in [-0.2, 0) is 9.84 Å². The Bertz CT molecular complexity index is 1340. The molecule has 1 aromatic heterocycles. The third-order valence-electron chi connectivity index (χ3n) is 4.53. The highest BCUT2D eigenvalue weighted by molar-refractivity contribution is 7.91. The van der Waals surface area contributed by atoms with Crippen LogP contribution in [0.2, 0.25) is 0 Å². The average Bonchev–Trinajstić information content (AvgIpc) is 2.66. The van der Waals surface area contributed by atoms with Gasteiger partial charge in [-0.2, -0.15) is 0 Å². The van der Waals surface area contributed by atoms with Crippen LogP contribution >= 0.6 is 0 Å². The molecule has 0 saturated carbocycles. The van der Waals surface area contributed by atoms with Gasteiger partial charge in [-0.1, -0.05) is 42.5 Å². The number of para-hydroxylation sites is 1. The number of sulfone groups is 1. The van der Waals surface area contributed by atoms with Crippen molar-refractivity contribution in [1.82, 2.24) is 0 Å². The lowest BCUT2D eigenvalue weighted by atomic mass is 10.1. The van der Waals surface area contributed by atoms with E-state index in [2.05, 4.69) is 0 Å². The number of hydrogen-bond acceptors (Lipinski definition) is 5. The van der Waals surface area contributed by atoms with Crippen molar-refractivity contribution in [2.24, 2.45) is 0 Å². The summed E-state index contributed by atoms with van der Waals surface area (Å²) in [6.07, 6.45) is 0. The van der Waals surface area contributed by atoms with E-state index in [-0.39, 0.29) is 9.79 Å². The fourth-order valence-corrected chi connectivity index (χ4v) is 4.74. The predicted molar refractivity (Wildman–Crippen MR) is 106 cm³/mol. The van der Waals surface area contributed by atoms with E-state index < -0.39 is 15.5 Å². The van der Waals surface area contributed by atoms with Gasteiger partial charge in [-0.25, -0.2) is 13.2 Å². The minimum atomic E-state index is -4.05. The molecule has 4 aromatic rings. The monoisotopic (exact) mass is 379 g/mol. The highest BCUT2D eigenvalue weighted by Gasteiger charge is 2.25. The summed E-state index contributed by atoms with van der Waals surface area (Å²) in [5.74, 6) is 0. The second kappa shape index (κ2) is 6.25. The SMILES string of the molecule is CN(C)c1cccc2c(S(=O)(=O)c3cc4ccccc4oc3=O)cccc12. The molecule has 1 heterocycles. The van der Waals surface area contributed by atoms with E-state index in [1.54, 1.807) is 42.5 Å². The third-order valence-corrected chi connectivity index (χ3v) is 6.33. The first-order chi connectivity index (χ1) is 12.9. The first-order valence-corrected chi connectivity index (χ1v) is 9.85. The molecule has 27 heavy (non-hydrogen) atoms. The summed E-state index contributed by atoms with van der Waals surface area (Å²) in [6, 6.07) is 18.8. The molecule has 136 valence electrons. The lowest BCUT2D eigenvalue weighted by molar-refractivity contribution is 0.533. The fourth-order valence-electron chi connectivity index (χ4n) is 3.24. The molecule has 0 saturated heterocycles. The Morgan fingerprint density at radius 1 is 0.815 bits per heavy atom. The van der Waals surface area contributed by atoms with Gasteiger partial charge in [-0.3, -0.25) is 0 Å². The first-order valence-electron chi connectivity index (χ1n) is 8.36. The Balaban J connectivity index is 2.03. The average molecular weight is 379 g/mol. The zero-order valence-electron chi connectivity index (χ0n) is 14.8. The molecule has 0 amide bonds. The summed E-state index contributed by atoms with van der Waals surface area (Å²) >= 11 is 0. The molecule has 5 nitrogen and oxygen atoms in total. The maximum Gasteiger partial charge on any atom is 0.355 e. The quantitative estimate of drug-likeness (QED) is 0.506. The molecule has 4 rings (SSSR count). The second-order valence-electron chi connectivity index (χ2n) is 6.46. The summed E-state index contributed by atoms with van der Waals surface area (Å²) in [6.45, 7) is 0. The van der Waals surface area contributed by atoms with Crippen molar-refractivity contribution in [3.8, 4) is 0 Å². The van der Waals surface area contributed by atoms with Crippen LogP contribution in [0.25, 0.3) is 21.7 Å². The lowest BCUT2D eigenvalue weighted by Crippen LogP contribution is -2.15. The van der Waals surface area contributed by atoms with E-state index in [4.69, 9.17) is 4.42 Å².